The average Bonchev–Trinajstić information content (AvgIpc) is 3.05. The molecule has 0 amide bonds. The number of rotatable bonds is 4. The molecule has 0 spiro atoms. The van der Waals surface area contributed by atoms with Gasteiger partial charge in [0.25, 0.3) is 5.69 Å². The first-order chi connectivity index (χ1) is 12.5. The average molecular weight is 351 g/mol. The van der Waals surface area contributed by atoms with Crippen LogP contribution in [-0.4, -0.2) is 4.92 Å². The van der Waals surface area contributed by atoms with Crippen molar-refractivity contribution in [2.45, 2.75) is 32.8 Å². The number of benzene rings is 2. The Morgan fingerprint density at radius 1 is 1.19 bits per heavy atom. The number of aryl methyl sites for hydroxylation is 2. The van der Waals surface area contributed by atoms with Crippen LogP contribution >= 0.6 is 0 Å². The molecular weight excluding hydrogens is 334 g/mol. The number of hydrogen-bond donors (Lipinski definition) is 0. The van der Waals surface area contributed by atoms with Gasteiger partial charge in [0.15, 0.2) is 0 Å². The van der Waals surface area contributed by atoms with Crippen LogP contribution in [-0.2, 0) is 19.4 Å². The molecule has 1 aromatic heterocycles. The second kappa shape index (κ2) is 6.29. The first-order valence-corrected chi connectivity index (χ1v) is 8.48. The smallest absolute Gasteiger partial charge is 0.336 e. The molecular formula is C20H17NO5. The van der Waals surface area contributed by atoms with Crippen LogP contribution in [0.3, 0.4) is 0 Å². The van der Waals surface area contributed by atoms with E-state index >= 15 is 0 Å². The second-order valence-corrected chi connectivity index (χ2v) is 6.51. The Morgan fingerprint density at radius 3 is 2.73 bits per heavy atom. The molecule has 1 aliphatic rings. The molecule has 0 atom stereocenters. The van der Waals surface area contributed by atoms with Gasteiger partial charge in [0.05, 0.1) is 10.5 Å². The van der Waals surface area contributed by atoms with Gasteiger partial charge in [0.2, 0.25) is 0 Å². The Morgan fingerprint density at radius 2 is 1.96 bits per heavy atom. The molecule has 1 aliphatic carbocycles. The highest BCUT2D eigenvalue weighted by molar-refractivity contribution is 5.82. The van der Waals surface area contributed by atoms with Crippen LogP contribution in [0.2, 0.25) is 0 Å². The minimum Gasteiger partial charge on any atom is -0.488 e. The van der Waals surface area contributed by atoms with Crippen molar-refractivity contribution >= 4 is 16.7 Å². The van der Waals surface area contributed by atoms with E-state index in [1.807, 2.05) is 6.07 Å². The van der Waals surface area contributed by atoms with E-state index in [0.29, 0.717) is 16.9 Å². The maximum Gasteiger partial charge on any atom is 0.336 e. The van der Waals surface area contributed by atoms with Crippen molar-refractivity contribution in [3.05, 3.63) is 79.2 Å². The molecule has 0 N–H and O–H groups in total. The van der Waals surface area contributed by atoms with E-state index in [0.717, 1.165) is 30.2 Å². The standard InChI is InChI=1S/C20H17NO5/c1-12-17(21(23)24)6-3-7-18(12)25-11-15-10-20(22)26-19-9-14-5-2-4-13(14)8-16(15)19/h3,6-10H,2,4-5,11H2,1H3. The molecule has 0 bridgehead atoms. The monoisotopic (exact) mass is 351 g/mol. The van der Waals surface area contributed by atoms with Crippen molar-refractivity contribution in [1.82, 2.24) is 0 Å². The first kappa shape index (κ1) is 16.3. The lowest BCUT2D eigenvalue weighted by atomic mass is 10.0. The van der Waals surface area contributed by atoms with Gasteiger partial charge in [0, 0.05) is 23.1 Å². The van der Waals surface area contributed by atoms with E-state index in [1.165, 1.54) is 23.3 Å². The lowest BCUT2D eigenvalue weighted by Crippen LogP contribution is -2.05. The van der Waals surface area contributed by atoms with Gasteiger partial charge < -0.3 is 9.15 Å². The third-order valence-electron chi connectivity index (χ3n) is 4.88. The Balaban J connectivity index is 1.71. The van der Waals surface area contributed by atoms with E-state index < -0.39 is 10.5 Å². The van der Waals surface area contributed by atoms with E-state index in [2.05, 4.69) is 6.07 Å². The summed E-state index contributed by atoms with van der Waals surface area (Å²) in [6.45, 7) is 1.79. The third-order valence-corrected chi connectivity index (χ3v) is 4.88. The van der Waals surface area contributed by atoms with E-state index in [-0.39, 0.29) is 12.3 Å². The van der Waals surface area contributed by atoms with Crippen molar-refractivity contribution in [2.75, 3.05) is 0 Å². The molecule has 0 radical (unpaired) electrons. The van der Waals surface area contributed by atoms with Crippen molar-refractivity contribution in [3.8, 4) is 5.75 Å². The molecule has 6 nitrogen and oxygen atoms in total. The Kier molecular flexibility index (Phi) is 3.95. The predicted molar refractivity (Wildman–Crippen MR) is 96.7 cm³/mol. The molecule has 0 saturated carbocycles. The highest BCUT2D eigenvalue weighted by Gasteiger charge is 2.17. The fraction of sp³-hybridized carbons (Fsp3) is 0.250. The molecule has 0 unspecified atom stereocenters. The third kappa shape index (κ3) is 2.83. The zero-order chi connectivity index (χ0) is 18.3. The highest BCUT2D eigenvalue weighted by atomic mass is 16.6. The number of nitro benzene ring substituents is 1. The molecule has 26 heavy (non-hydrogen) atoms. The van der Waals surface area contributed by atoms with Crippen LogP contribution in [0.1, 0.15) is 28.7 Å². The Labute approximate surface area is 149 Å². The summed E-state index contributed by atoms with van der Waals surface area (Å²) < 4.78 is 11.2. The van der Waals surface area contributed by atoms with Crippen molar-refractivity contribution < 1.29 is 14.1 Å². The van der Waals surface area contributed by atoms with Crippen LogP contribution in [0.25, 0.3) is 11.0 Å². The molecule has 3 aromatic rings. The minimum atomic E-state index is -0.433. The molecule has 0 saturated heterocycles. The molecule has 0 aliphatic heterocycles. The van der Waals surface area contributed by atoms with Gasteiger partial charge in [-0.2, -0.15) is 0 Å². The lowest BCUT2D eigenvalue weighted by Gasteiger charge is -2.11. The lowest BCUT2D eigenvalue weighted by molar-refractivity contribution is -0.385. The largest absolute Gasteiger partial charge is 0.488 e. The van der Waals surface area contributed by atoms with Gasteiger partial charge in [-0.1, -0.05) is 6.07 Å². The van der Waals surface area contributed by atoms with E-state index in [9.17, 15) is 14.9 Å². The van der Waals surface area contributed by atoms with E-state index in [4.69, 9.17) is 9.15 Å². The van der Waals surface area contributed by atoms with Crippen LogP contribution < -0.4 is 10.4 Å². The molecule has 132 valence electrons. The van der Waals surface area contributed by atoms with Crippen LogP contribution in [0.5, 0.6) is 5.75 Å². The second-order valence-electron chi connectivity index (χ2n) is 6.51. The fourth-order valence-corrected chi connectivity index (χ4v) is 3.53. The van der Waals surface area contributed by atoms with E-state index in [1.54, 1.807) is 19.1 Å². The van der Waals surface area contributed by atoms with Gasteiger partial charge in [-0.05, 0) is 55.5 Å². The summed E-state index contributed by atoms with van der Waals surface area (Å²) >= 11 is 0. The topological polar surface area (TPSA) is 82.6 Å². The number of hydrogen-bond acceptors (Lipinski definition) is 5. The molecule has 0 fully saturated rings. The quantitative estimate of drug-likeness (QED) is 0.402. The minimum absolute atomic E-state index is 0.0118. The van der Waals surface area contributed by atoms with Crippen LogP contribution in [0, 0.1) is 17.0 Å². The fourth-order valence-electron chi connectivity index (χ4n) is 3.53. The van der Waals surface area contributed by atoms with Gasteiger partial charge in [-0.25, -0.2) is 4.79 Å². The first-order valence-electron chi connectivity index (χ1n) is 8.48. The number of ether oxygens (including phenoxy) is 1. The Bertz CT molecular complexity index is 1080. The molecule has 1 heterocycles. The summed E-state index contributed by atoms with van der Waals surface area (Å²) in [6.07, 6.45) is 3.13. The van der Waals surface area contributed by atoms with Gasteiger partial charge in [0.1, 0.15) is 17.9 Å². The zero-order valence-electron chi connectivity index (χ0n) is 14.3. The van der Waals surface area contributed by atoms with Crippen molar-refractivity contribution in [1.29, 1.82) is 0 Å². The Hall–Kier alpha value is -3.15. The SMILES string of the molecule is Cc1c(OCc2cc(=O)oc3cc4c(cc23)CCC4)cccc1[N+](=O)[O-]. The zero-order valence-corrected chi connectivity index (χ0v) is 14.3. The predicted octanol–water partition coefficient (Wildman–Crippen LogP) is 4.08. The van der Waals surface area contributed by atoms with Gasteiger partial charge in [-0.15, -0.1) is 0 Å². The van der Waals surface area contributed by atoms with Crippen LogP contribution in [0.15, 0.2) is 45.6 Å². The summed E-state index contributed by atoms with van der Waals surface area (Å²) in [7, 11) is 0. The molecule has 6 heteroatoms. The number of nitro groups is 1. The summed E-state index contributed by atoms with van der Waals surface area (Å²) in [6, 6.07) is 10.2. The maximum atomic E-state index is 11.9. The normalized spacial score (nSPS) is 13.0. The summed E-state index contributed by atoms with van der Waals surface area (Å²) in [5, 5.41) is 11.9. The summed E-state index contributed by atoms with van der Waals surface area (Å²) in [5.41, 5.74) is 3.84. The van der Waals surface area contributed by atoms with Gasteiger partial charge in [-0.3, -0.25) is 10.1 Å². The number of fused-ring (bicyclic) bond motifs is 2. The maximum absolute atomic E-state index is 11.9. The summed E-state index contributed by atoms with van der Waals surface area (Å²) in [4.78, 5) is 22.6. The van der Waals surface area contributed by atoms with Gasteiger partial charge >= 0.3 is 5.63 Å². The van der Waals surface area contributed by atoms with Crippen molar-refractivity contribution in [2.24, 2.45) is 0 Å². The number of nitrogens with zero attached hydrogens (tertiary/aromatic N) is 1. The summed E-state index contributed by atoms with van der Waals surface area (Å²) in [5.74, 6) is 0.432. The molecule has 2 aromatic carbocycles. The molecule has 4 rings (SSSR count). The highest BCUT2D eigenvalue weighted by Crippen LogP contribution is 2.30. The van der Waals surface area contributed by atoms with Crippen molar-refractivity contribution in [3.63, 3.8) is 0 Å². The van der Waals surface area contributed by atoms with Crippen LogP contribution in [0.4, 0.5) is 5.69 Å².